The standard InChI is InChI=1S/C13H12BrN5/c14-9-3-1-8(2-4-9)13-10(5-15)19-7-11(16)17-6-12(19)18-13/h1-4,6-7H,5,15-16H2. The molecule has 0 bridgehead atoms. The summed E-state index contributed by atoms with van der Waals surface area (Å²) in [6.45, 7) is 0.385. The number of imidazole rings is 1. The second-order valence-electron chi connectivity index (χ2n) is 4.16. The molecule has 0 unspecified atom stereocenters. The van der Waals surface area contributed by atoms with Crippen molar-refractivity contribution in [1.82, 2.24) is 14.4 Å². The van der Waals surface area contributed by atoms with Crippen LogP contribution < -0.4 is 11.5 Å². The summed E-state index contributed by atoms with van der Waals surface area (Å²) in [5.41, 5.74) is 15.1. The Hall–Kier alpha value is -1.92. The smallest absolute Gasteiger partial charge is 0.156 e. The molecule has 0 aliphatic carbocycles. The fourth-order valence-electron chi connectivity index (χ4n) is 2.05. The summed E-state index contributed by atoms with van der Waals surface area (Å²) in [6.07, 6.45) is 3.39. The van der Waals surface area contributed by atoms with Gasteiger partial charge in [0.25, 0.3) is 0 Å². The number of aromatic nitrogens is 3. The van der Waals surface area contributed by atoms with Crippen LogP contribution in [0.15, 0.2) is 41.1 Å². The molecular weight excluding hydrogens is 306 g/mol. The minimum absolute atomic E-state index is 0.385. The van der Waals surface area contributed by atoms with Crippen molar-refractivity contribution in [2.24, 2.45) is 5.73 Å². The topological polar surface area (TPSA) is 82.2 Å². The Morgan fingerprint density at radius 1 is 1.21 bits per heavy atom. The molecule has 0 saturated heterocycles. The van der Waals surface area contributed by atoms with Crippen molar-refractivity contribution in [3.63, 3.8) is 0 Å². The normalized spacial score (nSPS) is 11.1. The number of nitrogen functional groups attached to an aromatic ring is 1. The summed E-state index contributed by atoms with van der Waals surface area (Å²) in [5, 5.41) is 0. The number of rotatable bonds is 2. The maximum atomic E-state index is 5.85. The van der Waals surface area contributed by atoms with E-state index in [0.717, 1.165) is 27.1 Å². The van der Waals surface area contributed by atoms with Crippen LogP contribution >= 0.6 is 15.9 Å². The molecule has 6 heteroatoms. The number of nitrogens with two attached hydrogens (primary N) is 2. The van der Waals surface area contributed by atoms with Crippen LogP contribution in [0.4, 0.5) is 5.82 Å². The minimum Gasteiger partial charge on any atom is -0.382 e. The van der Waals surface area contributed by atoms with Gasteiger partial charge in [-0.2, -0.15) is 0 Å². The quantitative estimate of drug-likeness (QED) is 0.759. The van der Waals surface area contributed by atoms with E-state index in [9.17, 15) is 0 Å². The van der Waals surface area contributed by atoms with Crippen molar-refractivity contribution in [3.05, 3.63) is 46.8 Å². The zero-order valence-electron chi connectivity index (χ0n) is 10.0. The summed E-state index contributed by atoms with van der Waals surface area (Å²) in [7, 11) is 0. The van der Waals surface area contributed by atoms with Gasteiger partial charge in [-0.25, -0.2) is 9.97 Å². The van der Waals surface area contributed by atoms with Gasteiger partial charge in [0.1, 0.15) is 5.82 Å². The van der Waals surface area contributed by atoms with E-state index >= 15 is 0 Å². The first-order valence-corrected chi connectivity index (χ1v) is 6.57. The highest BCUT2D eigenvalue weighted by molar-refractivity contribution is 9.10. The molecule has 0 spiro atoms. The molecule has 3 rings (SSSR count). The summed E-state index contributed by atoms with van der Waals surface area (Å²) >= 11 is 3.42. The van der Waals surface area contributed by atoms with Gasteiger partial charge in [0, 0.05) is 16.6 Å². The number of nitrogens with zero attached hydrogens (tertiary/aromatic N) is 3. The van der Waals surface area contributed by atoms with Gasteiger partial charge in [-0.3, -0.25) is 4.40 Å². The maximum absolute atomic E-state index is 5.85. The molecule has 0 radical (unpaired) electrons. The van der Waals surface area contributed by atoms with E-state index in [1.54, 1.807) is 12.4 Å². The van der Waals surface area contributed by atoms with Crippen LogP contribution in [0.2, 0.25) is 0 Å². The molecule has 4 N–H and O–H groups in total. The Morgan fingerprint density at radius 2 is 1.95 bits per heavy atom. The Bertz CT molecular complexity index is 733. The number of fused-ring (bicyclic) bond motifs is 1. The average Bonchev–Trinajstić information content (AvgIpc) is 2.77. The third kappa shape index (κ3) is 2.09. The molecule has 2 heterocycles. The molecular formula is C13H12BrN5. The van der Waals surface area contributed by atoms with E-state index in [-0.39, 0.29) is 0 Å². The van der Waals surface area contributed by atoms with Gasteiger partial charge in [-0.05, 0) is 12.1 Å². The predicted octanol–water partition coefficient (Wildman–Crippen LogP) is 2.20. The van der Waals surface area contributed by atoms with E-state index < -0.39 is 0 Å². The van der Waals surface area contributed by atoms with Crippen LogP contribution in [-0.4, -0.2) is 14.4 Å². The van der Waals surface area contributed by atoms with Crippen LogP contribution in [0.5, 0.6) is 0 Å². The average molecular weight is 318 g/mol. The zero-order chi connectivity index (χ0) is 13.4. The molecule has 1 aromatic carbocycles. The first-order chi connectivity index (χ1) is 9.19. The molecule has 0 atom stereocenters. The zero-order valence-corrected chi connectivity index (χ0v) is 11.6. The Kier molecular flexibility index (Phi) is 2.96. The lowest BCUT2D eigenvalue weighted by atomic mass is 10.1. The summed E-state index contributed by atoms with van der Waals surface area (Å²) in [4.78, 5) is 8.62. The molecule has 19 heavy (non-hydrogen) atoms. The van der Waals surface area contributed by atoms with Crippen molar-refractivity contribution in [2.75, 3.05) is 5.73 Å². The Balaban J connectivity index is 2.25. The van der Waals surface area contributed by atoms with E-state index in [2.05, 4.69) is 25.9 Å². The Morgan fingerprint density at radius 3 is 2.63 bits per heavy atom. The third-order valence-electron chi connectivity index (χ3n) is 2.94. The number of anilines is 1. The number of benzene rings is 1. The van der Waals surface area contributed by atoms with Crippen LogP contribution in [-0.2, 0) is 6.54 Å². The van der Waals surface area contributed by atoms with Crippen LogP contribution in [0.25, 0.3) is 16.9 Å². The summed E-state index contributed by atoms with van der Waals surface area (Å²) in [6, 6.07) is 7.96. The van der Waals surface area contributed by atoms with Gasteiger partial charge < -0.3 is 11.5 Å². The third-order valence-corrected chi connectivity index (χ3v) is 3.47. The summed E-state index contributed by atoms with van der Waals surface area (Å²) in [5.74, 6) is 0.446. The highest BCUT2D eigenvalue weighted by atomic mass is 79.9. The lowest BCUT2D eigenvalue weighted by molar-refractivity contribution is 0.956. The highest BCUT2D eigenvalue weighted by Crippen LogP contribution is 2.25. The lowest BCUT2D eigenvalue weighted by Crippen LogP contribution is -2.03. The molecule has 0 aliphatic heterocycles. The molecule has 96 valence electrons. The number of hydrogen-bond acceptors (Lipinski definition) is 4. The fraction of sp³-hybridized carbons (Fsp3) is 0.0769. The van der Waals surface area contributed by atoms with Crippen LogP contribution in [0.1, 0.15) is 5.69 Å². The number of hydrogen-bond donors (Lipinski definition) is 2. The SMILES string of the molecule is NCc1c(-c2ccc(Br)cc2)nc2cnc(N)cn12. The van der Waals surface area contributed by atoms with E-state index in [4.69, 9.17) is 11.5 Å². The van der Waals surface area contributed by atoms with Crippen molar-refractivity contribution in [1.29, 1.82) is 0 Å². The highest BCUT2D eigenvalue weighted by Gasteiger charge is 2.13. The molecule has 2 aromatic heterocycles. The molecule has 0 fully saturated rings. The molecule has 5 nitrogen and oxygen atoms in total. The molecule has 0 aliphatic rings. The molecule has 0 amide bonds. The van der Waals surface area contributed by atoms with Gasteiger partial charge in [0.2, 0.25) is 0 Å². The van der Waals surface area contributed by atoms with Crippen molar-refractivity contribution in [3.8, 4) is 11.3 Å². The van der Waals surface area contributed by atoms with Gasteiger partial charge in [-0.1, -0.05) is 28.1 Å². The fourth-order valence-corrected chi connectivity index (χ4v) is 2.32. The molecule has 3 aromatic rings. The van der Waals surface area contributed by atoms with Crippen molar-refractivity contribution in [2.45, 2.75) is 6.54 Å². The largest absolute Gasteiger partial charge is 0.382 e. The Labute approximate surface area is 118 Å². The van der Waals surface area contributed by atoms with Crippen LogP contribution in [0, 0.1) is 0 Å². The van der Waals surface area contributed by atoms with E-state index in [0.29, 0.717) is 12.4 Å². The van der Waals surface area contributed by atoms with Crippen molar-refractivity contribution < 1.29 is 0 Å². The van der Waals surface area contributed by atoms with Gasteiger partial charge in [-0.15, -0.1) is 0 Å². The first kappa shape index (κ1) is 12.1. The van der Waals surface area contributed by atoms with Gasteiger partial charge in [0.15, 0.2) is 5.65 Å². The van der Waals surface area contributed by atoms with Gasteiger partial charge >= 0.3 is 0 Å². The monoisotopic (exact) mass is 317 g/mol. The minimum atomic E-state index is 0.385. The maximum Gasteiger partial charge on any atom is 0.156 e. The van der Waals surface area contributed by atoms with E-state index in [1.807, 2.05) is 28.7 Å². The van der Waals surface area contributed by atoms with Gasteiger partial charge in [0.05, 0.1) is 23.8 Å². The predicted molar refractivity (Wildman–Crippen MR) is 78.4 cm³/mol. The lowest BCUT2D eigenvalue weighted by Gasteiger charge is -2.02. The first-order valence-electron chi connectivity index (χ1n) is 5.77. The van der Waals surface area contributed by atoms with Crippen LogP contribution in [0.3, 0.4) is 0 Å². The second-order valence-corrected chi connectivity index (χ2v) is 5.07. The number of halogens is 1. The van der Waals surface area contributed by atoms with E-state index in [1.165, 1.54) is 0 Å². The second kappa shape index (κ2) is 4.64. The van der Waals surface area contributed by atoms with Crippen molar-refractivity contribution >= 4 is 27.4 Å². The molecule has 0 saturated carbocycles. The summed E-state index contributed by atoms with van der Waals surface area (Å²) < 4.78 is 2.92.